The van der Waals surface area contributed by atoms with E-state index in [1.165, 1.54) is 0 Å². The summed E-state index contributed by atoms with van der Waals surface area (Å²) in [5.74, 6) is 1.61. The van der Waals surface area contributed by atoms with Crippen molar-refractivity contribution in [3.05, 3.63) is 47.5 Å². The van der Waals surface area contributed by atoms with Crippen molar-refractivity contribution < 1.29 is 4.74 Å². The van der Waals surface area contributed by atoms with Crippen LogP contribution in [0.3, 0.4) is 0 Å². The number of aryl methyl sites for hydroxylation is 1. The molecule has 4 heteroatoms. The van der Waals surface area contributed by atoms with Crippen LogP contribution in [0.1, 0.15) is 5.56 Å². The number of nitrogens with two attached hydrogens (primary N) is 1. The van der Waals surface area contributed by atoms with Gasteiger partial charge >= 0.3 is 0 Å². The lowest BCUT2D eigenvalue weighted by Gasteiger charge is -2.09. The Kier molecular flexibility index (Phi) is 2.64. The number of thiazole rings is 1. The monoisotopic (exact) mass is 256 g/mol. The zero-order valence-corrected chi connectivity index (χ0v) is 10.7. The zero-order chi connectivity index (χ0) is 12.5. The lowest BCUT2D eigenvalue weighted by Crippen LogP contribution is -1.90. The van der Waals surface area contributed by atoms with E-state index in [1.54, 1.807) is 11.3 Å². The molecule has 0 atom stereocenters. The molecular weight excluding hydrogens is 244 g/mol. The van der Waals surface area contributed by atoms with Crippen molar-refractivity contribution in [2.24, 2.45) is 0 Å². The Morgan fingerprint density at radius 2 is 2.06 bits per heavy atom. The Balaban J connectivity index is 1.95. The molecule has 0 amide bonds. The molecule has 18 heavy (non-hydrogen) atoms. The summed E-state index contributed by atoms with van der Waals surface area (Å²) < 4.78 is 7.01. The molecule has 3 nitrogen and oxygen atoms in total. The zero-order valence-electron chi connectivity index (χ0n) is 9.88. The van der Waals surface area contributed by atoms with Gasteiger partial charge in [0.1, 0.15) is 11.5 Å². The van der Waals surface area contributed by atoms with Crippen LogP contribution in [0, 0.1) is 6.92 Å². The number of fused-ring (bicyclic) bond motifs is 1. The number of ether oxygens (including phenoxy) is 1. The van der Waals surface area contributed by atoms with Crippen molar-refractivity contribution >= 4 is 27.2 Å². The summed E-state index contributed by atoms with van der Waals surface area (Å²) in [6.07, 6.45) is 0. The first-order valence-electron chi connectivity index (χ1n) is 5.59. The number of anilines is 1. The molecule has 3 rings (SSSR count). The summed E-state index contributed by atoms with van der Waals surface area (Å²) in [5.41, 5.74) is 10.3. The van der Waals surface area contributed by atoms with Gasteiger partial charge in [-0.1, -0.05) is 0 Å². The molecule has 0 saturated carbocycles. The average molecular weight is 256 g/mol. The minimum atomic E-state index is 0.745. The van der Waals surface area contributed by atoms with E-state index >= 15 is 0 Å². The van der Waals surface area contributed by atoms with Gasteiger partial charge in [0.25, 0.3) is 0 Å². The highest BCUT2D eigenvalue weighted by Gasteiger charge is 2.04. The van der Waals surface area contributed by atoms with Crippen LogP contribution in [0.2, 0.25) is 0 Å². The molecule has 0 spiro atoms. The standard InChI is InChI=1S/C14H12N2OS/c1-9-6-10(15)2-4-13(9)17-11-3-5-14-12(7-11)16-8-18-14/h2-8H,15H2,1H3. The third-order valence-corrected chi connectivity index (χ3v) is 3.54. The van der Waals surface area contributed by atoms with Crippen molar-refractivity contribution in [3.63, 3.8) is 0 Å². The van der Waals surface area contributed by atoms with Gasteiger partial charge in [0.05, 0.1) is 15.7 Å². The second-order valence-corrected chi connectivity index (χ2v) is 5.00. The summed E-state index contributed by atoms with van der Waals surface area (Å²) >= 11 is 1.62. The average Bonchev–Trinajstić information content (AvgIpc) is 2.80. The summed E-state index contributed by atoms with van der Waals surface area (Å²) in [4.78, 5) is 4.28. The largest absolute Gasteiger partial charge is 0.457 e. The maximum absolute atomic E-state index is 5.85. The van der Waals surface area contributed by atoms with E-state index in [0.717, 1.165) is 33.0 Å². The van der Waals surface area contributed by atoms with E-state index in [-0.39, 0.29) is 0 Å². The van der Waals surface area contributed by atoms with Crippen LogP contribution in [0.25, 0.3) is 10.2 Å². The number of nitrogen functional groups attached to an aromatic ring is 1. The maximum Gasteiger partial charge on any atom is 0.130 e. The molecule has 0 aliphatic heterocycles. The summed E-state index contributed by atoms with van der Waals surface area (Å²) in [5, 5.41) is 0. The Hall–Kier alpha value is -2.07. The number of hydrogen-bond donors (Lipinski definition) is 1. The second kappa shape index (κ2) is 4.31. The van der Waals surface area contributed by atoms with Crippen molar-refractivity contribution in [1.82, 2.24) is 4.98 Å². The SMILES string of the molecule is Cc1cc(N)ccc1Oc1ccc2scnc2c1. The highest BCUT2D eigenvalue weighted by atomic mass is 32.1. The molecule has 3 aromatic rings. The van der Waals surface area contributed by atoms with E-state index in [1.807, 2.05) is 48.8 Å². The molecule has 0 unspecified atom stereocenters. The lowest BCUT2D eigenvalue weighted by atomic mass is 10.2. The molecule has 90 valence electrons. The fourth-order valence-electron chi connectivity index (χ4n) is 1.82. The van der Waals surface area contributed by atoms with Gasteiger partial charge in [-0.3, -0.25) is 0 Å². The van der Waals surface area contributed by atoms with Gasteiger partial charge in [-0.15, -0.1) is 11.3 Å². The molecule has 0 radical (unpaired) electrons. The first-order chi connectivity index (χ1) is 8.72. The minimum Gasteiger partial charge on any atom is -0.457 e. The normalized spacial score (nSPS) is 10.7. The van der Waals surface area contributed by atoms with Crippen molar-refractivity contribution in [2.75, 3.05) is 5.73 Å². The van der Waals surface area contributed by atoms with Crippen LogP contribution in [0.5, 0.6) is 11.5 Å². The smallest absolute Gasteiger partial charge is 0.130 e. The van der Waals surface area contributed by atoms with E-state index in [0.29, 0.717) is 0 Å². The van der Waals surface area contributed by atoms with Crippen molar-refractivity contribution in [1.29, 1.82) is 0 Å². The number of benzene rings is 2. The molecule has 1 aromatic heterocycles. The van der Waals surface area contributed by atoms with Gasteiger partial charge in [0.2, 0.25) is 0 Å². The molecule has 0 aliphatic rings. The molecule has 2 N–H and O–H groups in total. The topological polar surface area (TPSA) is 48.1 Å². The van der Waals surface area contributed by atoms with E-state index in [4.69, 9.17) is 10.5 Å². The fourth-order valence-corrected chi connectivity index (χ4v) is 2.47. The summed E-state index contributed by atoms with van der Waals surface area (Å²) in [6, 6.07) is 11.5. The van der Waals surface area contributed by atoms with Crippen LogP contribution >= 0.6 is 11.3 Å². The Morgan fingerprint density at radius 3 is 2.89 bits per heavy atom. The third kappa shape index (κ3) is 2.02. The second-order valence-electron chi connectivity index (χ2n) is 4.11. The fraction of sp³-hybridized carbons (Fsp3) is 0.0714. The van der Waals surface area contributed by atoms with Crippen LogP contribution in [-0.2, 0) is 0 Å². The number of nitrogens with zero attached hydrogens (tertiary/aromatic N) is 1. The predicted molar refractivity (Wildman–Crippen MR) is 75.3 cm³/mol. The highest BCUT2D eigenvalue weighted by molar-refractivity contribution is 7.16. The van der Waals surface area contributed by atoms with Gasteiger partial charge in [0, 0.05) is 11.8 Å². The Bertz CT molecular complexity index is 706. The third-order valence-electron chi connectivity index (χ3n) is 2.73. The molecule has 1 heterocycles. The van der Waals surface area contributed by atoms with Crippen LogP contribution in [-0.4, -0.2) is 4.98 Å². The highest BCUT2D eigenvalue weighted by Crippen LogP contribution is 2.29. The molecule has 0 fully saturated rings. The predicted octanol–water partition coefficient (Wildman–Crippen LogP) is 3.98. The van der Waals surface area contributed by atoms with Gasteiger partial charge in [0.15, 0.2) is 0 Å². The molecule has 0 saturated heterocycles. The van der Waals surface area contributed by atoms with Crippen molar-refractivity contribution in [2.45, 2.75) is 6.92 Å². The maximum atomic E-state index is 5.85. The lowest BCUT2D eigenvalue weighted by molar-refractivity contribution is 0.479. The molecule has 0 bridgehead atoms. The van der Waals surface area contributed by atoms with E-state index in [9.17, 15) is 0 Å². The quantitative estimate of drug-likeness (QED) is 0.705. The van der Waals surface area contributed by atoms with Gasteiger partial charge in [-0.2, -0.15) is 0 Å². The molecule has 0 aliphatic carbocycles. The Labute approximate surface area is 109 Å². The minimum absolute atomic E-state index is 0.745. The van der Waals surface area contributed by atoms with Gasteiger partial charge in [-0.05, 0) is 42.8 Å². The van der Waals surface area contributed by atoms with Crippen LogP contribution in [0.4, 0.5) is 5.69 Å². The number of aromatic nitrogens is 1. The van der Waals surface area contributed by atoms with Gasteiger partial charge < -0.3 is 10.5 Å². The molecular formula is C14H12N2OS. The molecule has 2 aromatic carbocycles. The summed E-state index contributed by atoms with van der Waals surface area (Å²) in [6.45, 7) is 1.98. The van der Waals surface area contributed by atoms with Crippen LogP contribution in [0.15, 0.2) is 41.9 Å². The Morgan fingerprint density at radius 1 is 1.17 bits per heavy atom. The number of rotatable bonds is 2. The van der Waals surface area contributed by atoms with E-state index < -0.39 is 0 Å². The first kappa shape index (κ1) is 11.0. The van der Waals surface area contributed by atoms with Crippen LogP contribution < -0.4 is 10.5 Å². The van der Waals surface area contributed by atoms with Crippen molar-refractivity contribution in [3.8, 4) is 11.5 Å². The van der Waals surface area contributed by atoms with Gasteiger partial charge in [-0.25, -0.2) is 4.98 Å². The van der Waals surface area contributed by atoms with E-state index in [2.05, 4.69) is 4.98 Å². The first-order valence-corrected chi connectivity index (χ1v) is 6.47. The number of hydrogen-bond acceptors (Lipinski definition) is 4. The summed E-state index contributed by atoms with van der Waals surface area (Å²) in [7, 11) is 0.